The number of hydrogen-bond donors (Lipinski definition) is 6. The molecular formula is C54H87N7O8. The standard InChI is InChI=1S/C54H87N7O8/c1-2-3-4-5-6-7-8-9-10-11-12-13-14-15-16-17-18-19-20-21-22-31-50(63)57-41-49(54(67)56-33-37-68-36-32-55)59-51(64)38-44-27-23-24-28-45(44)40-58-53(66)48(39-47-30-26-35-69-47)60-52(65)46-29-25-34-61(42-46)43-62/h22-24,26-28,30-31,35,43,46,48-49H,2-21,25,29,32-34,36-42,55H2,1H3,(H,56,67)(H,57,63)(H,58,66)(H,59,64)(H,60,65)/t46-,48+,49+/m1/s1. The highest BCUT2D eigenvalue weighted by Gasteiger charge is 2.30. The number of nitrogens with one attached hydrogen (secondary N) is 5. The van der Waals surface area contributed by atoms with Crippen molar-refractivity contribution < 1.29 is 37.9 Å². The highest BCUT2D eigenvalue weighted by Crippen LogP contribution is 2.18. The topological polar surface area (TPSA) is 214 Å². The molecule has 15 heteroatoms. The van der Waals surface area contributed by atoms with E-state index in [1.165, 1.54) is 121 Å². The first-order valence-corrected chi connectivity index (χ1v) is 26.4. The number of furan rings is 1. The van der Waals surface area contributed by atoms with E-state index in [0.29, 0.717) is 49.4 Å². The molecule has 0 spiro atoms. The average molecular weight is 962 g/mol. The van der Waals surface area contributed by atoms with Gasteiger partial charge in [0, 0.05) is 45.7 Å². The number of ether oxygens (including phenoxy) is 1. The van der Waals surface area contributed by atoms with Crippen molar-refractivity contribution in [3.63, 3.8) is 0 Å². The summed E-state index contributed by atoms with van der Waals surface area (Å²) in [4.78, 5) is 79.4. The molecule has 0 saturated carbocycles. The zero-order valence-corrected chi connectivity index (χ0v) is 41.9. The van der Waals surface area contributed by atoms with Gasteiger partial charge in [-0.3, -0.25) is 28.8 Å². The van der Waals surface area contributed by atoms with E-state index in [9.17, 15) is 28.8 Å². The Labute approximate surface area is 413 Å². The number of rotatable bonds is 40. The number of unbranched alkanes of at least 4 members (excludes halogenated alkanes) is 19. The van der Waals surface area contributed by atoms with Crippen LogP contribution in [-0.2, 0) is 52.9 Å². The molecule has 15 nitrogen and oxygen atoms in total. The molecule has 2 heterocycles. The van der Waals surface area contributed by atoms with Crippen molar-refractivity contribution in [1.82, 2.24) is 31.5 Å². The van der Waals surface area contributed by atoms with Crippen molar-refractivity contribution in [3.8, 4) is 0 Å². The minimum absolute atomic E-state index is 0.0593. The molecule has 1 fully saturated rings. The summed E-state index contributed by atoms with van der Waals surface area (Å²) in [6, 6.07) is 8.55. The molecule has 2 aromatic rings. The number of allylic oxidation sites excluding steroid dienone is 1. The molecule has 0 unspecified atom stereocenters. The van der Waals surface area contributed by atoms with E-state index < -0.39 is 35.7 Å². The van der Waals surface area contributed by atoms with Crippen LogP contribution in [0, 0.1) is 5.92 Å². The van der Waals surface area contributed by atoms with Gasteiger partial charge in [0.15, 0.2) is 0 Å². The van der Waals surface area contributed by atoms with E-state index in [1.54, 1.807) is 41.3 Å². The molecule has 69 heavy (non-hydrogen) atoms. The van der Waals surface area contributed by atoms with Crippen molar-refractivity contribution in [2.45, 2.75) is 180 Å². The second-order valence-electron chi connectivity index (χ2n) is 18.6. The number of carbonyl (C=O) groups is 6. The Kier molecular flexibility index (Phi) is 32.0. The van der Waals surface area contributed by atoms with Crippen molar-refractivity contribution in [2.24, 2.45) is 11.7 Å². The lowest BCUT2D eigenvalue weighted by Gasteiger charge is -2.30. The van der Waals surface area contributed by atoms with Gasteiger partial charge >= 0.3 is 0 Å². The van der Waals surface area contributed by atoms with Gasteiger partial charge in [0.1, 0.15) is 17.8 Å². The van der Waals surface area contributed by atoms with Crippen LogP contribution in [-0.4, -0.2) is 98.9 Å². The molecule has 3 atom stereocenters. The van der Waals surface area contributed by atoms with Gasteiger partial charge < -0.3 is 46.4 Å². The third kappa shape index (κ3) is 27.1. The minimum atomic E-state index is -1.07. The van der Waals surface area contributed by atoms with Gasteiger partial charge in [0.2, 0.25) is 35.9 Å². The Hall–Kier alpha value is -5.02. The first-order valence-electron chi connectivity index (χ1n) is 26.4. The molecule has 1 saturated heterocycles. The van der Waals surface area contributed by atoms with Crippen LogP contribution in [0.2, 0.25) is 0 Å². The number of piperidine rings is 1. The van der Waals surface area contributed by atoms with E-state index >= 15 is 0 Å². The van der Waals surface area contributed by atoms with Gasteiger partial charge in [-0.15, -0.1) is 0 Å². The van der Waals surface area contributed by atoms with E-state index in [-0.39, 0.29) is 57.4 Å². The van der Waals surface area contributed by atoms with Gasteiger partial charge in [-0.05, 0) is 55.0 Å². The quantitative estimate of drug-likeness (QED) is 0.0228. The van der Waals surface area contributed by atoms with E-state index in [0.717, 1.165) is 25.7 Å². The smallest absolute Gasteiger partial charge is 0.244 e. The molecule has 1 aliphatic heterocycles. The van der Waals surface area contributed by atoms with Gasteiger partial charge in [-0.25, -0.2) is 0 Å². The zero-order valence-electron chi connectivity index (χ0n) is 41.9. The highest BCUT2D eigenvalue weighted by atomic mass is 16.5. The van der Waals surface area contributed by atoms with Crippen molar-refractivity contribution in [1.29, 1.82) is 0 Å². The highest BCUT2D eigenvalue weighted by molar-refractivity contribution is 5.91. The van der Waals surface area contributed by atoms with Crippen LogP contribution in [0.3, 0.4) is 0 Å². The summed E-state index contributed by atoms with van der Waals surface area (Å²) in [7, 11) is 0. The largest absolute Gasteiger partial charge is 0.469 e. The number of hydrogen-bond acceptors (Lipinski definition) is 9. The average Bonchev–Trinajstić information content (AvgIpc) is 3.88. The second-order valence-corrected chi connectivity index (χ2v) is 18.6. The summed E-state index contributed by atoms with van der Waals surface area (Å²) in [5.41, 5.74) is 6.79. The van der Waals surface area contributed by atoms with E-state index in [2.05, 4.69) is 33.5 Å². The molecule has 386 valence electrons. The maximum Gasteiger partial charge on any atom is 0.244 e. The van der Waals surface area contributed by atoms with E-state index in [4.69, 9.17) is 14.9 Å². The first kappa shape index (κ1) is 58.3. The molecule has 1 aromatic heterocycles. The lowest BCUT2D eigenvalue weighted by molar-refractivity contribution is -0.133. The van der Waals surface area contributed by atoms with Crippen LogP contribution >= 0.6 is 0 Å². The molecule has 0 aliphatic carbocycles. The van der Waals surface area contributed by atoms with Crippen LogP contribution in [0.4, 0.5) is 0 Å². The molecule has 7 N–H and O–H groups in total. The fraction of sp³-hybridized carbons (Fsp3) is 0.667. The molecular weight excluding hydrogens is 875 g/mol. The monoisotopic (exact) mass is 962 g/mol. The van der Waals surface area contributed by atoms with Gasteiger partial charge in [0.25, 0.3) is 0 Å². The lowest BCUT2D eigenvalue weighted by Crippen LogP contribution is -2.53. The molecule has 6 amide bonds. The normalized spacial score (nSPS) is 14.5. The van der Waals surface area contributed by atoms with Gasteiger partial charge in [-0.2, -0.15) is 0 Å². The number of carbonyl (C=O) groups excluding carboxylic acids is 6. The van der Waals surface area contributed by atoms with Gasteiger partial charge in [0.05, 0.1) is 31.8 Å². The van der Waals surface area contributed by atoms with Crippen LogP contribution in [0.1, 0.15) is 165 Å². The number of likely N-dealkylation sites (tertiary alicyclic amines) is 1. The summed E-state index contributed by atoms with van der Waals surface area (Å²) in [5.74, 6) is -1.96. The maximum absolute atomic E-state index is 13.6. The number of nitrogens with zero attached hydrogens (tertiary/aromatic N) is 1. The Morgan fingerprint density at radius 2 is 1.38 bits per heavy atom. The number of nitrogens with two attached hydrogens (primary N) is 1. The predicted molar refractivity (Wildman–Crippen MR) is 272 cm³/mol. The fourth-order valence-electron chi connectivity index (χ4n) is 8.63. The Bertz CT molecular complexity index is 1760. The van der Waals surface area contributed by atoms with Crippen LogP contribution in [0.25, 0.3) is 0 Å². The Morgan fingerprint density at radius 1 is 0.754 bits per heavy atom. The number of benzene rings is 1. The second kappa shape index (κ2) is 37.8. The van der Waals surface area contributed by atoms with Crippen LogP contribution in [0.15, 0.2) is 59.2 Å². The third-order valence-electron chi connectivity index (χ3n) is 12.7. The maximum atomic E-state index is 13.6. The van der Waals surface area contributed by atoms with Crippen molar-refractivity contribution in [3.05, 3.63) is 71.7 Å². The summed E-state index contributed by atoms with van der Waals surface area (Å²) in [5, 5.41) is 14.1. The summed E-state index contributed by atoms with van der Waals surface area (Å²) in [6.07, 6.45) is 32.9. The predicted octanol–water partition coefficient (Wildman–Crippen LogP) is 7.10. The summed E-state index contributed by atoms with van der Waals surface area (Å²) in [6.45, 7) is 4.21. The first-order chi connectivity index (χ1) is 33.7. The molecule has 0 radical (unpaired) electrons. The third-order valence-corrected chi connectivity index (χ3v) is 12.7. The minimum Gasteiger partial charge on any atom is -0.469 e. The van der Waals surface area contributed by atoms with Crippen molar-refractivity contribution in [2.75, 3.05) is 45.9 Å². The SMILES string of the molecule is CCCCCCCCCCCCCCCCCCCCCC=CC(=O)NC[C@H](NC(=O)Cc1ccccc1CNC(=O)[C@H](Cc1ccco1)NC(=O)[C@@H]1CCCN(C=O)C1)C(=O)NCCOCCN. The zero-order chi connectivity index (χ0) is 49.6. The number of amides is 6. The lowest BCUT2D eigenvalue weighted by atomic mass is 9.97. The molecule has 1 aromatic carbocycles. The Morgan fingerprint density at radius 3 is 1.99 bits per heavy atom. The molecule has 1 aliphatic rings. The van der Waals surface area contributed by atoms with Gasteiger partial charge in [-0.1, -0.05) is 153 Å². The molecule has 3 rings (SSSR count). The Balaban J connectivity index is 1.40. The fourth-order valence-corrected chi connectivity index (χ4v) is 8.63. The molecule has 0 bridgehead atoms. The van der Waals surface area contributed by atoms with Crippen LogP contribution < -0.4 is 32.3 Å². The summed E-state index contributed by atoms with van der Waals surface area (Å²) < 4.78 is 10.9. The van der Waals surface area contributed by atoms with Crippen molar-refractivity contribution >= 4 is 35.9 Å². The summed E-state index contributed by atoms with van der Waals surface area (Å²) >= 11 is 0. The van der Waals surface area contributed by atoms with E-state index in [1.807, 2.05) is 6.08 Å². The van der Waals surface area contributed by atoms with Crippen LogP contribution in [0.5, 0.6) is 0 Å².